The monoisotopic (exact) mass is 253 g/mol. The highest BCUT2D eigenvalue weighted by Gasteiger charge is 2.20. The van der Waals surface area contributed by atoms with E-state index in [4.69, 9.17) is 5.11 Å². The first-order chi connectivity index (χ1) is 8.22. The number of anilines is 1. The molecule has 1 N–H and O–H groups in total. The van der Waals surface area contributed by atoms with Crippen LogP contribution in [-0.2, 0) is 6.61 Å². The van der Waals surface area contributed by atoms with Gasteiger partial charge in [0, 0.05) is 24.0 Å². The van der Waals surface area contributed by atoms with Crippen molar-refractivity contribution in [1.82, 2.24) is 9.97 Å². The van der Waals surface area contributed by atoms with Crippen LogP contribution in [0.15, 0.2) is 6.07 Å². The molecule has 1 aromatic rings. The van der Waals surface area contributed by atoms with Gasteiger partial charge in [-0.15, -0.1) is 0 Å². The summed E-state index contributed by atoms with van der Waals surface area (Å²) in [5, 5.41) is 9.92. The standard InChI is InChI=1S/C12H19N3OS/c1-9-7-10(8-16)14-12(13-9)15-5-3-11(17-2)4-6-15/h7,11,16H,3-6,8H2,1-2H3. The fourth-order valence-corrected chi connectivity index (χ4v) is 2.81. The second-order valence-electron chi connectivity index (χ2n) is 4.38. The number of thioether (sulfide) groups is 1. The van der Waals surface area contributed by atoms with Crippen molar-refractivity contribution in [2.75, 3.05) is 24.2 Å². The van der Waals surface area contributed by atoms with E-state index in [2.05, 4.69) is 21.1 Å². The minimum Gasteiger partial charge on any atom is -0.390 e. The Morgan fingerprint density at radius 2 is 2.12 bits per heavy atom. The maximum absolute atomic E-state index is 9.15. The van der Waals surface area contributed by atoms with Gasteiger partial charge in [0.1, 0.15) is 0 Å². The van der Waals surface area contributed by atoms with E-state index in [0.29, 0.717) is 5.69 Å². The maximum Gasteiger partial charge on any atom is 0.225 e. The van der Waals surface area contributed by atoms with Crippen LogP contribution in [0.25, 0.3) is 0 Å². The highest BCUT2D eigenvalue weighted by Crippen LogP contribution is 2.23. The number of hydrogen-bond donors (Lipinski definition) is 1. The lowest BCUT2D eigenvalue weighted by Gasteiger charge is -2.31. The molecule has 2 rings (SSSR count). The van der Waals surface area contributed by atoms with Crippen molar-refractivity contribution in [3.05, 3.63) is 17.5 Å². The molecule has 0 amide bonds. The molecule has 0 radical (unpaired) electrons. The van der Waals surface area contributed by atoms with Crippen LogP contribution in [0, 0.1) is 6.92 Å². The van der Waals surface area contributed by atoms with Crippen LogP contribution in [0.1, 0.15) is 24.2 Å². The first-order valence-electron chi connectivity index (χ1n) is 5.96. The topological polar surface area (TPSA) is 49.2 Å². The van der Waals surface area contributed by atoms with Crippen molar-refractivity contribution in [2.24, 2.45) is 0 Å². The van der Waals surface area contributed by atoms with E-state index < -0.39 is 0 Å². The molecule has 0 spiro atoms. The lowest BCUT2D eigenvalue weighted by molar-refractivity contribution is 0.276. The van der Waals surface area contributed by atoms with Crippen molar-refractivity contribution < 1.29 is 5.11 Å². The SMILES string of the molecule is CSC1CCN(c2nc(C)cc(CO)n2)CC1. The molecule has 0 unspecified atom stereocenters. The van der Waals surface area contributed by atoms with Gasteiger partial charge in [0.25, 0.3) is 0 Å². The predicted molar refractivity (Wildman–Crippen MR) is 71.4 cm³/mol. The van der Waals surface area contributed by atoms with Crippen LogP contribution in [0.4, 0.5) is 5.95 Å². The van der Waals surface area contributed by atoms with Gasteiger partial charge in [0.05, 0.1) is 12.3 Å². The fourth-order valence-electron chi connectivity index (χ4n) is 2.13. The second-order valence-corrected chi connectivity index (χ2v) is 5.52. The summed E-state index contributed by atoms with van der Waals surface area (Å²) < 4.78 is 0. The minimum atomic E-state index is -0.0162. The number of aromatic nitrogens is 2. The van der Waals surface area contributed by atoms with Crippen molar-refractivity contribution in [2.45, 2.75) is 31.6 Å². The molecule has 1 saturated heterocycles. The molecule has 5 heteroatoms. The highest BCUT2D eigenvalue weighted by molar-refractivity contribution is 7.99. The number of aliphatic hydroxyl groups excluding tert-OH is 1. The van der Waals surface area contributed by atoms with Gasteiger partial charge >= 0.3 is 0 Å². The lowest BCUT2D eigenvalue weighted by Crippen LogP contribution is -2.36. The number of hydrogen-bond acceptors (Lipinski definition) is 5. The van der Waals surface area contributed by atoms with Crippen molar-refractivity contribution in [3.8, 4) is 0 Å². The summed E-state index contributed by atoms with van der Waals surface area (Å²) in [6.45, 7) is 3.95. The summed E-state index contributed by atoms with van der Waals surface area (Å²) in [5.74, 6) is 0.772. The van der Waals surface area contributed by atoms with Gasteiger partial charge in [-0.05, 0) is 32.1 Å². The average molecular weight is 253 g/mol. The zero-order valence-corrected chi connectivity index (χ0v) is 11.2. The summed E-state index contributed by atoms with van der Waals surface area (Å²) in [5.41, 5.74) is 1.63. The van der Waals surface area contributed by atoms with E-state index in [1.54, 1.807) is 0 Å². The Morgan fingerprint density at radius 1 is 1.41 bits per heavy atom. The minimum absolute atomic E-state index is 0.0162. The third-order valence-corrected chi connectivity index (χ3v) is 4.25. The molecule has 0 saturated carbocycles. The molecule has 94 valence electrons. The van der Waals surface area contributed by atoms with Gasteiger partial charge in [-0.3, -0.25) is 0 Å². The van der Waals surface area contributed by atoms with Crippen LogP contribution in [0.3, 0.4) is 0 Å². The smallest absolute Gasteiger partial charge is 0.225 e. The van der Waals surface area contributed by atoms with Crippen LogP contribution < -0.4 is 4.90 Å². The van der Waals surface area contributed by atoms with E-state index in [0.717, 1.165) is 30.0 Å². The molecular weight excluding hydrogens is 234 g/mol. The Bertz CT molecular complexity index is 378. The van der Waals surface area contributed by atoms with Crippen LogP contribution in [-0.4, -0.2) is 39.7 Å². The Morgan fingerprint density at radius 3 is 2.71 bits per heavy atom. The lowest BCUT2D eigenvalue weighted by atomic mass is 10.1. The van der Waals surface area contributed by atoms with Crippen molar-refractivity contribution in [3.63, 3.8) is 0 Å². The number of piperidine rings is 1. The molecule has 2 heterocycles. The van der Waals surface area contributed by atoms with Gasteiger partial charge < -0.3 is 10.0 Å². The van der Waals surface area contributed by atoms with Crippen LogP contribution >= 0.6 is 11.8 Å². The number of nitrogens with zero attached hydrogens (tertiary/aromatic N) is 3. The van der Waals surface area contributed by atoms with E-state index in [1.807, 2.05) is 24.8 Å². The summed E-state index contributed by atoms with van der Waals surface area (Å²) in [6.07, 6.45) is 4.55. The maximum atomic E-state index is 9.15. The molecule has 1 aliphatic rings. The number of rotatable bonds is 3. The fraction of sp³-hybridized carbons (Fsp3) is 0.667. The Labute approximate surface area is 106 Å². The molecule has 0 aromatic carbocycles. The first kappa shape index (κ1) is 12.6. The summed E-state index contributed by atoms with van der Waals surface area (Å²) in [7, 11) is 0. The van der Waals surface area contributed by atoms with E-state index in [-0.39, 0.29) is 6.61 Å². The number of aryl methyl sites for hydroxylation is 1. The van der Waals surface area contributed by atoms with E-state index in [9.17, 15) is 0 Å². The Balaban J connectivity index is 2.10. The average Bonchev–Trinajstić information content (AvgIpc) is 2.38. The van der Waals surface area contributed by atoms with Gasteiger partial charge in [-0.2, -0.15) is 11.8 Å². The largest absolute Gasteiger partial charge is 0.390 e. The van der Waals surface area contributed by atoms with Crippen LogP contribution in [0.5, 0.6) is 0 Å². The van der Waals surface area contributed by atoms with Gasteiger partial charge in [-0.25, -0.2) is 9.97 Å². The molecule has 4 nitrogen and oxygen atoms in total. The van der Waals surface area contributed by atoms with Gasteiger partial charge in [0.2, 0.25) is 5.95 Å². The van der Waals surface area contributed by atoms with Crippen LogP contribution in [0.2, 0.25) is 0 Å². The Kier molecular flexibility index (Phi) is 4.23. The summed E-state index contributed by atoms with van der Waals surface area (Å²) in [6, 6.07) is 1.83. The zero-order chi connectivity index (χ0) is 12.3. The third-order valence-electron chi connectivity index (χ3n) is 3.12. The van der Waals surface area contributed by atoms with Gasteiger partial charge in [-0.1, -0.05) is 0 Å². The first-order valence-corrected chi connectivity index (χ1v) is 7.25. The van der Waals surface area contributed by atoms with E-state index >= 15 is 0 Å². The van der Waals surface area contributed by atoms with Crippen molar-refractivity contribution in [1.29, 1.82) is 0 Å². The third kappa shape index (κ3) is 3.10. The molecule has 1 fully saturated rings. The van der Waals surface area contributed by atoms with Crippen molar-refractivity contribution >= 4 is 17.7 Å². The number of aliphatic hydroxyl groups is 1. The summed E-state index contributed by atoms with van der Waals surface area (Å²) >= 11 is 1.95. The molecular formula is C12H19N3OS. The zero-order valence-electron chi connectivity index (χ0n) is 10.4. The molecule has 0 atom stereocenters. The molecule has 17 heavy (non-hydrogen) atoms. The predicted octanol–water partition coefficient (Wildman–Crippen LogP) is 1.61. The highest BCUT2D eigenvalue weighted by atomic mass is 32.2. The second kappa shape index (κ2) is 5.69. The Hall–Kier alpha value is -0.810. The molecule has 1 aliphatic heterocycles. The molecule has 0 bridgehead atoms. The molecule has 0 aliphatic carbocycles. The quantitative estimate of drug-likeness (QED) is 0.887. The summed E-state index contributed by atoms with van der Waals surface area (Å²) in [4.78, 5) is 11.1. The normalized spacial score (nSPS) is 17.5. The molecule has 1 aromatic heterocycles. The van der Waals surface area contributed by atoms with E-state index in [1.165, 1.54) is 12.8 Å². The van der Waals surface area contributed by atoms with Gasteiger partial charge in [0.15, 0.2) is 0 Å².